The van der Waals surface area contributed by atoms with Gasteiger partial charge in [0.05, 0.1) is 12.8 Å². The van der Waals surface area contributed by atoms with E-state index in [1.807, 2.05) is 6.07 Å². The molecule has 0 radical (unpaired) electrons. The molecule has 2 aromatic heterocycles. The van der Waals surface area contributed by atoms with Crippen molar-refractivity contribution in [1.82, 2.24) is 10.2 Å². The molecular formula is C18H16N4O3. The van der Waals surface area contributed by atoms with Crippen molar-refractivity contribution in [2.24, 2.45) is 0 Å². The smallest absolute Gasteiger partial charge is 0.276 e. The monoisotopic (exact) mass is 336 g/mol. The maximum atomic E-state index is 12.2. The number of nitrogens with zero attached hydrogens (tertiary/aromatic N) is 2. The van der Waals surface area contributed by atoms with Crippen molar-refractivity contribution < 1.29 is 14.0 Å². The van der Waals surface area contributed by atoms with Gasteiger partial charge in [-0.25, -0.2) is 0 Å². The van der Waals surface area contributed by atoms with Gasteiger partial charge in [-0.2, -0.15) is 0 Å². The van der Waals surface area contributed by atoms with E-state index < -0.39 is 0 Å². The molecule has 126 valence electrons. The van der Waals surface area contributed by atoms with E-state index in [4.69, 9.17) is 4.42 Å². The Bertz CT molecular complexity index is 856. The molecule has 0 aliphatic carbocycles. The van der Waals surface area contributed by atoms with Crippen molar-refractivity contribution in [1.29, 1.82) is 0 Å². The minimum Gasteiger partial charge on any atom is -0.467 e. The van der Waals surface area contributed by atoms with E-state index in [1.165, 1.54) is 6.92 Å². The second kappa shape index (κ2) is 7.39. The van der Waals surface area contributed by atoms with E-state index in [-0.39, 0.29) is 17.4 Å². The summed E-state index contributed by atoms with van der Waals surface area (Å²) in [5.41, 5.74) is 1.36. The first-order valence-corrected chi connectivity index (χ1v) is 7.64. The van der Waals surface area contributed by atoms with Gasteiger partial charge in [-0.1, -0.05) is 0 Å². The van der Waals surface area contributed by atoms with Crippen LogP contribution in [0.3, 0.4) is 0 Å². The fourth-order valence-electron chi connectivity index (χ4n) is 2.12. The number of nitrogens with one attached hydrogen (secondary N) is 2. The third-order valence-electron chi connectivity index (χ3n) is 3.47. The van der Waals surface area contributed by atoms with Gasteiger partial charge in [0.25, 0.3) is 5.91 Å². The quantitative estimate of drug-likeness (QED) is 0.671. The van der Waals surface area contributed by atoms with Gasteiger partial charge >= 0.3 is 0 Å². The Hall–Kier alpha value is -3.48. The fourth-order valence-corrected chi connectivity index (χ4v) is 2.12. The molecule has 0 bridgehead atoms. The molecule has 7 nitrogen and oxygen atoms in total. The summed E-state index contributed by atoms with van der Waals surface area (Å²) in [6.45, 7) is 1.97. The number of amides is 1. The Kier molecular flexibility index (Phi) is 4.84. The number of anilines is 2. The van der Waals surface area contributed by atoms with Gasteiger partial charge in [-0.3, -0.25) is 9.59 Å². The van der Waals surface area contributed by atoms with Gasteiger partial charge in [0.15, 0.2) is 11.5 Å². The lowest BCUT2D eigenvalue weighted by Gasteiger charge is -2.06. The lowest BCUT2D eigenvalue weighted by Crippen LogP contribution is -2.15. The van der Waals surface area contributed by atoms with E-state index in [0.29, 0.717) is 23.6 Å². The average Bonchev–Trinajstić information content (AvgIpc) is 3.14. The number of benzene rings is 1. The molecule has 0 unspecified atom stereocenters. The van der Waals surface area contributed by atoms with Crippen LogP contribution >= 0.6 is 0 Å². The second-order valence-electron chi connectivity index (χ2n) is 5.32. The number of Topliss-reactive ketones (excluding diaryl/α,β-unsaturated/α-hetero) is 1. The average molecular weight is 336 g/mol. The standard InChI is InChI=1S/C18H16N4O3/c1-12(23)13-4-6-14(7-5-13)20-18(24)16-8-9-17(22-21-16)19-11-15-3-2-10-25-15/h2-10H,11H2,1H3,(H,19,22)(H,20,24). The van der Waals surface area contributed by atoms with Crippen LogP contribution in [0.25, 0.3) is 0 Å². The summed E-state index contributed by atoms with van der Waals surface area (Å²) in [4.78, 5) is 23.4. The van der Waals surface area contributed by atoms with Gasteiger partial charge in [0.1, 0.15) is 11.6 Å². The molecule has 7 heteroatoms. The molecule has 2 N–H and O–H groups in total. The van der Waals surface area contributed by atoms with E-state index in [1.54, 1.807) is 48.7 Å². The number of aromatic nitrogens is 2. The van der Waals surface area contributed by atoms with Gasteiger partial charge in [0.2, 0.25) is 0 Å². The van der Waals surface area contributed by atoms with E-state index in [0.717, 1.165) is 5.76 Å². The number of hydrogen-bond donors (Lipinski definition) is 2. The molecule has 3 rings (SSSR count). The first-order valence-electron chi connectivity index (χ1n) is 7.64. The minimum absolute atomic E-state index is 0.0265. The first kappa shape index (κ1) is 16.4. The number of furan rings is 1. The molecule has 3 aromatic rings. The van der Waals surface area contributed by atoms with Crippen LogP contribution in [0.15, 0.2) is 59.2 Å². The van der Waals surface area contributed by atoms with Gasteiger partial charge in [-0.05, 0) is 55.5 Å². The summed E-state index contributed by atoms with van der Waals surface area (Å²) in [5.74, 6) is 0.915. The van der Waals surface area contributed by atoms with Crippen molar-refractivity contribution in [3.8, 4) is 0 Å². The Morgan fingerprint density at radius 2 is 1.84 bits per heavy atom. The molecule has 0 saturated heterocycles. The summed E-state index contributed by atoms with van der Waals surface area (Å²) in [7, 11) is 0. The van der Waals surface area contributed by atoms with Gasteiger partial charge in [0, 0.05) is 11.3 Å². The van der Waals surface area contributed by atoms with Crippen LogP contribution in [0.2, 0.25) is 0 Å². The van der Waals surface area contributed by atoms with Gasteiger partial charge < -0.3 is 15.1 Å². The summed E-state index contributed by atoms with van der Waals surface area (Å²) < 4.78 is 5.21. The van der Waals surface area contributed by atoms with E-state index in [9.17, 15) is 9.59 Å². The molecule has 1 amide bonds. The topological polar surface area (TPSA) is 97.1 Å². The second-order valence-corrected chi connectivity index (χ2v) is 5.32. The minimum atomic E-state index is -0.374. The van der Waals surface area contributed by atoms with Crippen molar-refractivity contribution in [2.45, 2.75) is 13.5 Å². The van der Waals surface area contributed by atoms with Crippen molar-refractivity contribution in [2.75, 3.05) is 10.6 Å². The largest absolute Gasteiger partial charge is 0.467 e. The normalized spacial score (nSPS) is 10.3. The number of rotatable bonds is 6. The first-order chi connectivity index (χ1) is 12.1. The van der Waals surface area contributed by atoms with Crippen molar-refractivity contribution in [3.05, 3.63) is 71.8 Å². The van der Waals surface area contributed by atoms with Crippen LogP contribution in [0.1, 0.15) is 33.5 Å². The molecule has 2 heterocycles. The number of carbonyl (C=O) groups excluding carboxylic acids is 2. The molecule has 0 saturated carbocycles. The molecule has 0 atom stereocenters. The zero-order valence-corrected chi connectivity index (χ0v) is 13.5. The molecule has 0 aliphatic rings. The highest BCUT2D eigenvalue weighted by Crippen LogP contribution is 2.12. The van der Waals surface area contributed by atoms with Crippen LogP contribution in [-0.2, 0) is 6.54 Å². The molecule has 0 fully saturated rings. The fraction of sp³-hybridized carbons (Fsp3) is 0.111. The maximum Gasteiger partial charge on any atom is 0.276 e. The molecule has 1 aromatic carbocycles. The zero-order valence-electron chi connectivity index (χ0n) is 13.5. The Labute approximate surface area is 144 Å². The van der Waals surface area contributed by atoms with Crippen LogP contribution < -0.4 is 10.6 Å². The predicted octanol–water partition coefficient (Wildman–Crippen LogP) is 3.14. The number of ketones is 1. The van der Waals surface area contributed by atoms with Crippen molar-refractivity contribution >= 4 is 23.2 Å². The number of hydrogen-bond acceptors (Lipinski definition) is 6. The molecular weight excluding hydrogens is 320 g/mol. The maximum absolute atomic E-state index is 12.2. The Morgan fingerprint density at radius 3 is 2.44 bits per heavy atom. The Balaban J connectivity index is 1.59. The third kappa shape index (κ3) is 4.29. The lowest BCUT2D eigenvalue weighted by atomic mass is 10.1. The summed E-state index contributed by atoms with van der Waals surface area (Å²) >= 11 is 0. The molecule has 25 heavy (non-hydrogen) atoms. The van der Waals surface area contributed by atoms with Crippen LogP contribution in [0, 0.1) is 0 Å². The number of carbonyl (C=O) groups is 2. The lowest BCUT2D eigenvalue weighted by molar-refractivity contribution is 0.101. The van der Waals surface area contributed by atoms with E-state index in [2.05, 4.69) is 20.8 Å². The van der Waals surface area contributed by atoms with Crippen molar-refractivity contribution in [3.63, 3.8) is 0 Å². The van der Waals surface area contributed by atoms with E-state index >= 15 is 0 Å². The highest BCUT2D eigenvalue weighted by molar-refractivity contribution is 6.03. The highest BCUT2D eigenvalue weighted by Gasteiger charge is 2.09. The molecule has 0 aliphatic heterocycles. The van der Waals surface area contributed by atoms with Crippen LogP contribution in [0.5, 0.6) is 0 Å². The third-order valence-corrected chi connectivity index (χ3v) is 3.47. The highest BCUT2D eigenvalue weighted by atomic mass is 16.3. The van der Waals surface area contributed by atoms with Crippen LogP contribution in [0.4, 0.5) is 11.5 Å². The zero-order chi connectivity index (χ0) is 17.6. The summed E-state index contributed by atoms with van der Waals surface area (Å²) in [6.07, 6.45) is 1.60. The van der Waals surface area contributed by atoms with Crippen LogP contribution in [-0.4, -0.2) is 21.9 Å². The van der Waals surface area contributed by atoms with Gasteiger partial charge in [-0.15, -0.1) is 10.2 Å². The summed E-state index contributed by atoms with van der Waals surface area (Å²) in [6, 6.07) is 13.6. The molecule has 0 spiro atoms. The SMILES string of the molecule is CC(=O)c1ccc(NC(=O)c2ccc(NCc3ccco3)nn2)cc1. The predicted molar refractivity (Wildman–Crippen MR) is 92.5 cm³/mol. The Morgan fingerprint density at radius 1 is 1.04 bits per heavy atom. The summed E-state index contributed by atoms with van der Waals surface area (Å²) in [5, 5.41) is 13.6.